The van der Waals surface area contributed by atoms with Crippen molar-refractivity contribution in [2.75, 3.05) is 0 Å². The minimum Gasteiger partial charge on any atom is -0.369 e. The van der Waals surface area contributed by atoms with Gasteiger partial charge < -0.3 is 5.73 Å². The van der Waals surface area contributed by atoms with E-state index in [-0.39, 0.29) is 5.03 Å². The van der Waals surface area contributed by atoms with Crippen LogP contribution in [0.25, 0.3) is 0 Å². The van der Waals surface area contributed by atoms with Gasteiger partial charge in [-0.25, -0.2) is 0 Å². The Morgan fingerprint density at radius 2 is 2.50 bits per heavy atom. The van der Waals surface area contributed by atoms with Gasteiger partial charge in [0.25, 0.3) is 0 Å². The van der Waals surface area contributed by atoms with E-state index in [9.17, 15) is 9.00 Å². The molecule has 12 heavy (non-hydrogen) atoms. The molecule has 3 N–H and O–H groups in total. The van der Waals surface area contributed by atoms with E-state index in [4.69, 9.17) is 5.73 Å². The number of nitrogens with two attached hydrogens (primary N) is 1. The van der Waals surface area contributed by atoms with Crippen LogP contribution in [-0.2, 0) is 15.6 Å². The molecule has 1 rings (SSSR count). The molecule has 1 aromatic rings. The molecule has 6 nitrogen and oxygen atoms in total. The van der Waals surface area contributed by atoms with Gasteiger partial charge in [-0.2, -0.15) is 10.3 Å². The number of aromatic amines is 1. The number of carbonyl (C=O) groups is 1. The van der Waals surface area contributed by atoms with E-state index in [0.717, 1.165) is 0 Å². The molecule has 1 amide bonds. The first-order valence-electron chi connectivity index (χ1n) is 3.18. The van der Waals surface area contributed by atoms with Crippen LogP contribution >= 0.6 is 0 Å². The third kappa shape index (κ3) is 1.67. The van der Waals surface area contributed by atoms with Crippen LogP contribution in [0.1, 0.15) is 6.92 Å². The lowest BCUT2D eigenvalue weighted by molar-refractivity contribution is -0.117. The van der Waals surface area contributed by atoms with E-state index in [0.29, 0.717) is 0 Å². The summed E-state index contributed by atoms with van der Waals surface area (Å²) in [6.45, 7) is 1.48. The second-order valence-corrected chi connectivity index (χ2v) is 3.87. The summed E-state index contributed by atoms with van der Waals surface area (Å²) in [5, 5.41) is 8.84. The van der Waals surface area contributed by atoms with Gasteiger partial charge in [0.05, 0.1) is 17.0 Å². The Bertz CT molecular complexity index is 296. The normalized spacial score (nSPS) is 15.4. The zero-order valence-corrected chi connectivity index (χ0v) is 7.17. The molecule has 0 saturated carbocycles. The molecule has 66 valence electrons. The molecular formula is C5H8N4O2S. The topological polar surface area (TPSA) is 102 Å². The average molecular weight is 188 g/mol. The maximum atomic E-state index is 11.3. The van der Waals surface area contributed by atoms with Crippen LogP contribution in [-0.4, -0.2) is 30.8 Å². The number of amides is 1. The second kappa shape index (κ2) is 3.44. The molecule has 2 unspecified atom stereocenters. The zero-order chi connectivity index (χ0) is 9.14. The molecule has 2 atom stereocenters. The van der Waals surface area contributed by atoms with Crippen LogP contribution in [0.3, 0.4) is 0 Å². The number of primary amides is 1. The molecule has 1 heterocycles. The fourth-order valence-corrected chi connectivity index (χ4v) is 1.44. The molecule has 0 bridgehead atoms. The lowest BCUT2D eigenvalue weighted by Crippen LogP contribution is -2.29. The molecular weight excluding hydrogens is 180 g/mol. The van der Waals surface area contributed by atoms with E-state index >= 15 is 0 Å². The third-order valence-electron chi connectivity index (χ3n) is 1.32. The minimum atomic E-state index is -1.51. The quantitative estimate of drug-likeness (QED) is 0.621. The summed E-state index contributed by atoms with van der Waals surface area (Å²) in [6, 6.07) is 0. The summed E-state index contributed by atoms with van der Waals surface area (Å²) in [4.78, 5) is 10.6. The molecule has 0 radical (unpaired) electrons. The molecule has 0 aliphatic carbocycles. The Morgan fingerprint density at radius 3 is 2.92 bits per heavy atom. The monoisotopic (exact) mass is 188 g/mol. The number of H-pyrrole nitrogens is 1. The molecule has 1 aromatic heterocycles. The number of rotatable bonds is 3. The molecule has 0 saturated heterocycles. The van der Waals surface area contributed by atoms with Crippen LogP contribution in [0, 0.1) is 0 Å². The Labute approximate surface area is 71.0 Å². The SMILES string of the molecule is CC(C(N)=O)S(=O)c1cn[nH]n1. The lowest BCUT2D eigenvalue weighted by atomic mass is 10.5. The van der Waals surface area contributed by atoms with Gasteiger partial charge in [0.1, 0.15) is 5.25 Å². The van der Waals surface area contributed by atoms with Gasteiger partial charge in [0.15, 0.2) is 5.03 Å². The van der Waals surface area contributed by atoms with Gasteiger partial charge in [0.2, 0.25) is 5.91 Å². The predicted molar refractivity (Wildman–Crippen MR) is 41.4 cm³/mol. The van der Waals surface area contributed by atoms with Crippen LogP contribution in [0.5, 0.6) is 0 Å². The van der Waals surface area contributed by atoms with E-state index in [2.05, 4.69) is 15.4 Å². The first kappa shape index (κ1) is 8.85. The van der Waals surface area contributed by atoms with Crippen molar-refractivity contribution in [1.29, 1.82) is 0 Å². The van der Waals surface area contributed by atoms with Crippen molar-refractivity contribution in [2.24, 2.45) is 5.73 Å². The Hall–Kier alpha value is -1.24. The Balaban J connectivity index is 2.79. The summed E-state index contributed by atoms with van der Waals surface area (Å²) >= 11 is 0. The average Bonchev–Trinajstić information content (AvgIpc) is 2.53. The Kier molecular flexibility index (Phi) is 2.54. The summed E-state index contributed by atoms with van der Waals surface area (Å²) in [5.41, 5.74) is 4.95. The van der Waals surface area contributed by atoms with Gasteiger partial charge in [-0.15, -0.1) is 5.10 Å². The van der Waals surface area contributed by atoms with Crippen LogP contribution < -0.4 is 5.73 Å². The van der Waals surface area contributed by atoms with Gasteiger partial charge in [0, 0.05) is 0 Å². The number of hydrogen-bond donors (Lipinski definition) is 2. The Morgan fingerprint density at radius 1 is 1.83 bits per heavy atom. The third-order valence-corrected chi connectivity index (χ3v) is 2.80. The molecule has 0 spiro atoms. The van der Waals surface area contributed by atoms with E-state index in [1.807, 2.05) is 0 Å². The maximum absolute atomic E-state index is 11.3. The van der Waals surface area contributed by atoms with Crippen molar-refractivity contribution in [3.63, 3.8) is 0 Å². The highest BCUT2D eigenvalue weighted by molar-refractivity contribution is 7.86. The van der Waals surface area contributed by atoms with Gasteiger partial charge in [-0.3, -0.25) is 9.00 Å². The van der Waals surface area contributed by atoms with Crippen molar-refractivity contribution >= 4 is 16.7 Å². The van der Waals surface area contributed by atoms with Crippen LogP contribution in [0.15, 0.2) is 11.2 Å². The molecule has 0 fully saturated rings. The smallest absolute Gasteiger partial charge is 0.233 e. The largest absolute Gasteiger partial charge is 0.369 e. The number of carbonyl (C=O) groups excluding carboxylic acids is 1. The van der Waals surface area contributed by atoms with E-state index in [1.165, 1.54) is 13.1 Å². The number of nitrogens with one attached hydrogen (secondary N) is 1. The van der Waals surface area contributed by atoms with Gasteiger partial charge >= 0.3 is 0 Å². The van der Waals surface area contributed by atoms with Crippen molar-refractivity contribution in [1.82, 2.24) is 15.4 Å². The number of hydrogen-bond acceptors (Lipinski definition) is 4. The molecule has 0 aliphatic rings. The van der Waals surface area contributed by atoms with Gasteiger partial charge in [-0.1, -0.05) is 0 Å². The number of nitrogens with zero attached hydrogens (tertiary/aromatic N) is 2. The van der Waals surface area contributed by atoms with Gasteiger partial charge in [-0.05, 0) is 6.92 Å². The standard InChI is InChI=1S/C5H8N4O2S/c1-3(5(6)10)12(11)4-2-7-9-8-4/h2-3H,1H3,(H2,6,10)(H,7,8,9). The number of aromatic nitrogens is 3. The molecule has 0 aromatic carbocycles. The molecule has 7 heteroatoms. The predicted octanol–water partition coefficient (Wildman–Crippen LogP) is -1.21. The minimum absolute atomic E-state index is 0.237. The summed E-state index contributed by atoms with van der Waals surface area (Å²) in [7, 11) is -1.51. The van der Waals surface area contributed by atoms with Crippen molar-refractivity contribution < 1.29 is 9.00 Å². The highest BCUT2D eigenvalue weighted by Gasteiger charge is 2.20. The highest BCUT2D eigenvalue weighted by atomic mass is 32.2. The van der Waals surface area contributed by atoms with E-state index < -0.39 is 22.0 Å². The maximum Gasteiger partial charge on any atom is 0.233 e. The fourth-order valence-electron chi connectivity index (χ4n) is 0.575. The summed E-state index contributed by atoms with van der Waals surface area (Å²) in [6.07, 6.45) is 1.30. The lowest BCUT2D eigenvalue weighted by Gasteiger charge is -2.02. The van der Waals surface area contributed by atoms with E-state index in [1.54, 1.807) is 0 Å². The van der Waals surface area contributed by atoms with Crippen molar-refractivity contribution in [3.8, 4) is 0 Å². The van der Waals surface area contributed by atoms with Crippen molar-refractivity contribution in [3.05, 3.63) is 6.20 Å². The summed E-state index contributed by atoms with van der Waals surface area (Å²) < 4.78 is 11.3. The first-order chi connectivity index (χ1) is 5.63. The summed E-state index contributed by atoms with van der Waals surface area (Å²) in [5.74, 6) is -0.615. The zero-order valence-electron chi connectivity index (χ0n) is 6.35. The van der Waals surface area contributed by atoms with Crippen molar-refractivity contribution in [2.45, 2.75) is 17.2 Å². The van der Waals surface area contributed by atoms with Crippen LogP contribution in [0.2, 0.25) is 0 Å². The second-order valence-electron chi connectivity index (χ2n) is 2.15. The van der Waals surface area contributed by atoms with Crippen LogP contribution in [0.4, 0.5) is 0 Å². The molecule has 0 aliphatic heterocycles. The fraction of sp³-hybridized carbons (Fsp3) is 0.400. The first-order valence-corrected chi connectivity index (χ1v) is 4.40. The highest BCUT2D eigenvalue weighted by Crippen LogP contribution is 2.04.